The number of benzene rings is 1. The Hall–Kier alpha value is -2.81. The summed E-state index contributed by atoms with van der Waals surface area (Å²) in [5, 5.41) is 18.7. The first-order chi connectivity index (χ1) is 16.1. The molecule has 0 saturated carbocycles. The molecule has 4 heterocycles. The number of likely N-dealkylation sites (tertiary alicyclic amines) is 1. The van der Waals surface area contributed by atoms with Crippen LogP contribution in [0.5, 0.6) is 0 Å². The van der Waals surface area contributed by atoms with Crippen LogP contribution in [0.1, 0.15) is 25.0 Å². The van der Waals surface area contributed by atoms with Crippen molar-refractivity contribution in [2.24, 2.45) is 0 Å². The number of halogens is 1. The van der Waals surface area contributed by atoms with E-state index in [2.05, 4.69) is 31.8 Å². The Labute approximate surface area is 193 Å². The van der Waals surface area contributed by atoms with Gasteiger partial charge < -0.3 is 10.4 Å². The van der Waals surface area contributed by atoms with Gasteiger partial charge in [-0.05, 0) is 74.9 Å². The summed E-state index contributed by atoms with van der Waals surface area (Å²) in [6.45, 7) is 5.17. The van der Waals surface area contributed by atoms with Crippen molar-refractivity contribution in [1.29, 1.82) is 0 Å². The number of nitrogens with one attached hydrogen (secondary N) is 1. The molecule has 0 radical (unpaired) electrons. The zero-order valence-corrected chi connectivity index (χ0v) is 19.0. The van der Waals surface area contributed by atoms with E-state index >= 15 is 0 Å². The predicted molar refractivity (Wildman–Crippen MR) is 127 cm³/mol. The molecule has 0 aliphatic carbocycles. The van der Waals surface area contributed by atoms with Crippen LogP contribution in [0.15, 0.2) is 42.6 Å². The Morgan fingerprint density at radius 1 is 1.03 bits per heavy atom. The fourth-order valence-corrected chi connectivity index (χ4v) is 4.82. The standard InChI is InChI=1S/C25H31FN6O/c1-30-13-14-32-21(16-30)24(25(29-32)18-5-7-20(26)8-6-18)19-9-10-27-22(15-19)28-23(33)17-31-11-3-2-4-12-31/h5-10,15,23,33H,2-4,11-14,16-17H2,1H3,(H,27,28). The minimum absolute atomic E-state index is 0.262. The average molecular weight is 451 g/mol. The molecule has 33 heavy (non-hydrogen) atoms. The summed E-state index contributed by atoms with van der Waals surface area (Å²) < 4.78 is 15.6. The lowest BCUT2D eigenvalue weighted by molar-refractivity contribution is 0.119. The van der Waals surface area contributed by atoms with Crippen LogP contribution >= 0.6 is 0 Å². The summed E-state index contributed by atoms with van der Waals surface area (Å²) in [6.07, 6.45) is 4.72. The molecule has 1 unspecified atom stereocenters. The number of aliphatic hydroxyl groups excluding tert-OH is 1. The van der Waals surface area contributed by atoms with E-state index in [9.17, 15) is 9.50 Å². The largest absolute Gasteiger partial charge is 0.372 e. The lowest BCUT2D eigenvalue weighted by Gasteiger charge is -2.28. The molecule has 0 bridgehead atoms. The molecule has 174 valence electrons. The van der Waals surface area contributed by atoms with Gasteiger partial charge >= 0.3 is 0 Å². The number of pyridine rings is 1. The molecule has 2 aliphatic heterocycles. The number of nitrogens with zero attached hydrogens (tertiary/aromatic N) is 5. The normalized spacial score (nSPS) is 18.2. The van der Waals surface area contributed by atoms with Gasteiger partial charge in [0.1, 0.15) is 23.6 Å². The molecule has 1 aromatic carbocycles. The molecule has 1 atom stereocenters. The summed E-state index contributed by atoms with van der Waals surface area (Å²) in [5.41, 5.74) is 4.87. The zero-order valence-electron chi connectivity index (χ0n) is 19.0. The fraction of sp³-hybridized carbons (Fsp3) is 0.440. The Morgan fingerprint density at radius 2 is 1.82 bits per heavy atom. The molecule has 2 aromatic heterocycles. The van der Waals surface area contributed by atoms with Crippen LogP contribution in [0.4, 0.5) is 10.2 Å². The van der Waals surface area contributed by atoms with E-state index < -0.39 is 6.23 Å². The van der Waals surface area contributed by atoms with E-state index in [0.29, 0.717) is 12.4 Å². The topological polar surface area (TPSA) is 69.5 Å². The van der Waals surface area contributed by atoms with Crippen molar-refractivity contribution in [2.45, 2.75) is 38.6 Å². The molecule has 8 heteroatoms. The van der Waals surface area contributed by atoms with E-state index in [4.69, 9.17) is 5.10 Å². The summed E-state index contributed by atoms with van der Waals surface area (Å²) in [5.74, 6) is 0.369. The first-order valence-corrected chi connectivity index (χ1v) is 11.7. The van der Waals surface area contributed by atoms with Crippen LogP contribution in [-0.2, 0) is 13.1 Å². The Bertz CT molecular complexity index is 1090. The van der Waals surface area contributed by atoms with Crippen molar-refractivity contribution in [3.8, 4) is 22.4 Å². The van der Waals surface area contributed by atoms with Crippen LogP contribution < -0.4 is 5.32 Å². The number of hydrogen-bond donors (Lipinski definition) is 2. The van der Waals surface area contributed by atoms with Gasteiger partial charge in [0, 0.05) is 37.0 Å². The second-order valence-corrected chi connectivity index (χ2v) is 9.09. The van der Waals surface area contributed by atoms with E-state index in [0.717, 1.165) is 60.8 Å². The third-order valence-corrected chi connectivity index (χ3v) is 6.53. The number of hydrogen-bond acceptors (Lipinski definition) is 6. The number of rotatable bonds is 6. The average Bonchev–Trinajstić information content (AvgIpc) is 3.19. The Balaban J connectivity index is 1.46. The maximum atomic E-state index is 13.6. The fourth-order valence-electron chi connectivity index (χ4n) is 4.82. The van der Waals surface area contributed by atoms with Gasteiger partial charge in [-0.25, -0.2) is 9.37 Å². The highest BCUT2D eigenvalue weighted by molar-refractivity contribution is 5.83. The van der Waals surface area contributed by atoms with Crippen molar-refractivity contribution < 1.29 is 9.50 Å². The van der Waals surface area contributed by atoms with Crippen molar-refractivity contribution >= 4 is 5.82 Å². The van der Waals surface area contributed by atoms with Crippen molar-refractivity contribution in [1.82, 2.24) is 24.6 Å². The molecule has 7 nitrogen and oxygen atoms in total. The van der Waals surface area contributed by atoms with Crippen molar-refractivity contribution in [3.63, 3.8) is 0 Å². The summed E-state index contributed by atoms with van der Waals surface area (Å²) in [6, 6.07) is 10.4. The molecular formula is C25H31FN6O. The first kappa shape index (κ1) is 22.0. The molecule has 1 fully saturated rings. The highest BCUT2D eigenvalue weighted by Crippen LogP contribution is 2.37. The molecule has 0 amide bonds. The van der Waals surface area contributed by atoms with Crippen LogP contribution in [0.25, 0.3) is 22.4 Å². The summed E-state index contributed by atoms with van der Waals surface area (Å²) in [7, 11) is 2.11. The third kappa shape index (κ3) is 4.93. The van der Waals surface area contributed by atoms with Gasteiger partial charge in [-0.1, -0.05) is 6.42 Å². The molecule has 2 aliphatic rings. The predicted octanol–water partition coefficient (Wildman–Crippen LogP) is 3.41. The Morgan fingerprint density at radius 3 is 2.61 bits per heavy atom. The minimum Gasteiger partial charge on any atom is -0.372 e. The van der Waals surface area contributed by atoms with Gasteiger partial charge in [-0.15, -0.1) is 0 Å². The van der Waals surface area contributed by atoms with E-state index in [1.54, 1.807) is 18.3 Å². The summed E-state index contributed by atoms with van der Waals surface area (Å²) >= 11 is 0. The number of likely N-dealkylation sites (N-methyl/N-ethyl adjacent to an activating group) is 1. The molecule has 2 N–H and O–H groups in total. The number of piperidine rings is 1. The molecule has 0 spiro atoms. The summed E-state index contributed by atoms with van der Waals surface area (Å²) in [4.78, 5) is 9.02. The number of aromatic nitrogens is 3. The second kappa shape index (κ2) is 9.59. The van der Waals surface area contributed by atoms with Crippen LogP contribution in [0, 0.1) is 5.82 Å². The SMILES string of the molecule is CN1CCn2nc(-c3ccc(F)cc3)c(-c3ccnc(NC(O)CN4CCCCC4)c3)c2C1. The molecule has 5 rings (SSSR count). The maximum absolute atomic E-state index is 13.6. The third-order valence-electron chi connectivity index (χ3n) is 6.53. The lowest BCUT2D eigenvalue weighted by Crippen LogP contribution is -2.39. The van der Waals surface area contributed by atoms with Gasteiger partial charge in [0.25, 0.3) is 0 Å². The number of β-amino-alcohol motifs (C(OH)–C–C–N with tert-alkyl or cyclic N) is 1. The monoisotopic (exact) mass is 450 g/mol. The van der Waals surface area contributed by atoms with Crippen LogP contribution in [0.3, 0.4) is 0 Å². The zero-order chi connectivity index (χ0) is 22.8. The number of fused-ring (bicyclic) bond motifs is 1. The first-order valence-electron chi connectivity index (χ1n) is 11.7. The smallest absolute Gasteiger partial charge is 0.138 e. The maximum Gasteiger partial charge on any atom is 0.138 e. The van der Waals surface area contributed by atoms with Gasteiger partial charge in [-0.2, -0.15) is 5.10 Å². The molecular weight excluding hydrogens is 419 g/mol. The van der Waals surface area contributed by atoms with Crippen LogP contribution in [-0.4, -0.2) is 69.1 Å². The molecule has 1 saturated heterocycles. The van der Waals surface area contributed by atoms with E-state index in [1.807, 2.05) is 12.1 Å². The highest BCUT2D eigenvalue weighted by Gasteiger charge is 2.25. The van der Waals surface area contributed by atoms with Gasteiger partial charge in [0.05, 0.1) is 12.2 Å². The van der Waals surface area contributed by atoms with Gasteiger partial charge in [0.15, 0.2) is 0 Å². The van der Waals surface area contributed by atoms with Gasteiger partial charge in [0.2, 0.25) is 0 Å². The van der Waals surface area contributed by atoms with Crippen LogP contribution in [0.2, 0.25) is 0 Å². The lowest BCUT2D eigenvalue weighted by atomic mass is 9.98. The minimum atomic E-state index is -0.686. The van der Waals surface area contributed by atoms with E-state index in [-0.39, 0.29) is 5.82 Å². The van der Waals surface area contributed by atoms with Crippen molar-refractivity contribution in [2.75, 3.05) is 38.5 Å². The van der Waals surface area contributed by atoms with Gasteiger partial charge in [-0.3, -0.25) is 14.5 Å². The second-order valence-electron chi connectivity index (χ2n) is 9.09. The van der Waals surface area contributed by atoms with E-state index in [1.165, 1.54) is 31.4 Å². The molecule has 3 aromatic rings. The van der Waals surface area contributed by atoms with Crippen molar-refractivity contribution in [3.05, 3.63) is 54.1 Å². The number of aliphatic hydroxyl groups is 1. The highest BCUT2D eigenvalue weighted by atomic mass is 19.1. The number of anilines is 1. The quantitative estimate of drug-likeness (QED) is 0.561. The Kier molecular flexibility index (Phi) is 6.39.